The number of nitrogens with two attached hydrogens (primary N) is 1. The number of primary amides is 1. The third kappa shape index (κ3) is 16.2. The number of carboxylic acids is 1. The average molecular weight is 1290 g/mol. The molecule has 0 spiro atoms. The number of fused-ring (bicyclic) bond motifs is 3. The van der Waals surface area contributed by atoms with Crippen LogP contribution in [0, 0.1) is 0 Å². The number of aliphatic hydroxyl groups is 4. The zero-order valence-corrected chi connectivity index (χ0v) is 49.4. The monoisotopic (exact) mass is 1290 g/mol. The molecule has 0 saturated carbocycles. The van der Waals surface area contributed by atoms with Gasteiger partial charge in [-0.3, -0.25) is 37.6 Å². The molecule has 480 valence electrons. The summed E-state index contributed by atoms with van der Waals surface area (Å²) in [6.45, 7) is -1.09. The van der Waals surface area contributed by atoms with Crippen molar-refractivity contribution >= 4 is 73.2 Å². The molecule has 32 nitrogen and oxygen atoms in total. The smallest absolute Gasteiger partial charge is 0.478 e. The molecule has 4 amide bonds. The number of rotatable bonds is 30. The summed E-state index contributed by atoms with van der Waals surface area (Å²) >= 11 is 0. The molecule has 0 radical (unpaired) electrons. The number of phosphoric acid groups is 2. The summed E-state index contributed by atoms with van der Waals surface area (Å²) in [5, 5.41) is 74.9. The van der Waals surface area contributed by atoms with E-state index in [4.69, 9.17) is 24.1 Å². The highest BCUT2D eigenvalue weighted by molar-refractivity contribution is 7.60. The van der Waals surface area contributed by atoms with E-state index in [0.29, 0.717) is 68.3 Å². The summed E-state index contributed by atoms with van der Waals surface area (Å²) in [5.41, 5.74) is 6.64. The quantitative estimate of drug-likeness (QED) is 0.0130. The Labute approximate surface area is 510 Å². The van der Waals surface area contributed by atoms with Crippen molar-refractivity contribution < 1.29 is 105 Å². The first kappa shape index (κ1) is 66.2. The largest absolute Gasteiger partial charge is 0.756 e. The van der Waals surface area contributed by atoms with E-state index in [2.05, 4.69) is 45.1 Å². The minimum absolute atomic E-state index is 0.0334. The molecule has 2 unspecified atom stereocenters. The number of hydrogen-bond donors (Lipinski definition) is 12. The standard InChI is InChI=1S/C56H64N10O22P2/c57-50(75)31-9-8-20-65(25-31)54-48(73)46(71)40(86-54)26-83-89(79,80)88-90(81,82)84-27-41-47(72)49(74)55(87-41)66-29-64-45-51(62-28-63-52(45)66)61-24-43(70)59-18-6-2-1-5-17-58-42(69)10-4-3-7-19-60-53(76)30-11-14-34(37(21-30)56(77)78)44-35-15-12-32(67)22-38(35)85-39-23-33(68)13-16-36(39)44/h8-9,11-16,20-23,25,28-29,40-41,46-49,54-55,71-74H,1-7,10,17-19,24,26-27H2,(H9-,57,58,59,60,61,62,63,67,68,69,70,75,76,77,78,79,80,81,82)/t40-,41-,46-,47-,48-,49-,54-,55-/m1/s1. The Morgan fingerprint density at radius 2 is 1.44 bits per heavy atom. The number of aliphatic hydroxyl groups excluding tert-OH is 4. The van der Waals surface area contributed by atoms with Gasteiger partial charge in [-0.05, 0) is 73.7 Å². The number of imidazole rings is 1. The lowest BCUT2D eigenvalue weighted by molar-refractivity contribution is -0.765. The molecule has 10 atom stereocenters. The second kappa shape index (κ2) is 29.2. The van der Waals surface area contributed by atoms with Crippen molar-refractivity contribution in [2.24, 2.45) is 5.73 Å². The molecule has 34 heteroatoms. The van der Waals surface area contributed by atoms with Crippen molar-refractivity contribution in [2.75, 3.05) is 44.7 Å². The minimum atomic E-state index is -5.72. The Hall–Kier alpha value is -8.20. The minimum Gasteiger partial charge on any atom is -0.756 e. The third-order valence-corrected chi connectivity index (χ3v) is 17.3. The van der Waals surface area contributed by atoms with Gasteiger partial charge in [0.05, 0.1) is 31.6 Å². The summed E-state index contributed by atoms with van der Waals surface area (Å²) < 4.78 is 58.5. The van der Waals surface area contributed by atoms with Crippen LogP contribution in [0.15, 0.2) is 101 Å². The van der Waals surface area contributed by atoms with Crippen molar-refractivity contribution in [1.82, 2.24) is 35.5 Å². The van der Waals surface area contributed by atoms with Crippen LogP contribution in [0.4, 0.5) is 5.82 Å². The highest BCUT2D eigenvalue weighted by atomic mass is 31.3. The number of nitrogens with one attached hydrogen (secondary N) is 4. The summed E-state index contributed by atoms with van der Waals surface area (Å²) in [6.07, 6.45) is -2.71. The fourth-order valence-electron chi connectivity index (χ4n) is 10.2. The third-order valence-electron chi connectivity index (χ3n) is 14.7. The van der Waals surface area contributed by atoms with Crippen molar-refractivity contribution in [1.29, 1.82) is 0 Å². The number of carbonyl (C=O) groups excluding carboxylic acids is 4. The van der Waals surface area contributed by atoms with Gasteiger partial charge in [0.25, 0.3) is 25.9 Å². The molecule has 9 rings (SSSR count). The SMILES string of the molecule is NC(=O)c1ccc[n+]([C@@H]2O[C@H](COP(=O)([O-])OP(=O)(O)OC[C@H]3O[C@@H](n4cnc5c(NCC(=O)NCCCCCCNC(=O)CCCCCNC(=O)c6ccc(-c7c8ccc(=O)cc-8oc8cc(O)ccc78)c(C(=O)O)c6)ncnc54)[C@H](O)[C@@H]3O)[C@@H](O)[C@H]2O)c1. The maximum atomic E-state index is 13.1. The number of carbonyl (C=O) groups is 5. The first-order valence-electron chi connectivity index (χ1n) is 28.3. The number of anilines is 1. The average Bonchev–Trinajstić information content (AvgIpc) is 0.989. The van der Waals surface area contributed by atoms with Gasteiger partial charge in [0.2, 0.25) is 11.8 Å². The number of amides is 4. The summed E-state index contributed by atoms with van der Waals surface area (Å²) in [6, 6.07) is 15.7. The fraction of sp³-hybridized carbons (Fsp3) is 0.393. The molecule has 13 N–H and O–H groups in total. The Morgan fingerprint density at radius 1 is 0.756 bits per heavy atom. The zero-order valence-electron chi connectivity index (χ0n) is 47.6. The lowest BCUT2D eigenvalue weighted by Gasteiger charge is -2.26. The lowest BCUT2D eigenvalue weighted by Crippen LogP contribution is -2.46. The molecule has 90 heavy (non-hydrogen) atoms. The molecule has 3 aromatic heterocycles. The van der Waals surface area contributed by atoms with Crippen LogP contribution in [0.5, 0.6) is 5.75 Å². The van der Waals surface area contributed by atoms with E-state index in [0.717, 1.165) is 25.6 Å². The van der Waals surface area contributed by atoms with Gasteiger partial charge in [-0.15, -0.1) is 0 Å². The van der Waals surface area contributed by atoms with Crippen LogP contribution in [0.1, 0.15) is 94.9 Å². The highest BCUT2D eigenvalue weighted by Crippen LogP contribution is 2.58. The normalized spacial score (nSPS) is 21.2. The molecule has 4 aliphatic rings. The number of benzene rings is 3. The summed E-state index contributed by atoms with van der Waals surface area (Å²) in [5.74, 6) is -2.78. The van der Waals surface area contributed by atoms with Crippen molar-refractivity contribution in [2.45, 2.75) is 100 Å². The maximum absolute atomic E-state index is 13.1. The fourth-order valence-corrected chi connectivity index (χ4v) is 12.2. The molecule has 2 saturated heterocycles. The van der Waals surface area contributed by atoms with Crippen LogP contribution in [0.25, 0.3) is 44.6 Å². The van der Waals surface area contributed by atoms with Gasteiger partial charge in [0, 0.05) is 66.3 Å². The maximum Gasteiger partial charge on any atom is 0.478 e. The lowest BCUT2D eigenvalue weighted by atomic mass is 9.90. The van der Waals surface area contributed by atoms with E-state index in [1.165, 1.54) is 88.5 Å². The van der Waals surface area contributed by atoms with Gasteiger partial charge < -0.3 is 85.8 Å². The summed E-state index contributed by atoms with van der Waals surface area (Å²) in [4.78, 5) is 110. The van der Waals surface area contributed by atoms with Gasteiger partial charge in [0.15, 0.2) is 47.1 Å². The Bertz CT molecular complexity index is 3910. The number of phenolic OH excluding ortho intramolecular Hbond substituents is 1. The number of nitrogens with zero attached hydrogens (tertiary/aromatic N) is 5. The van der Waals surface area contributed by atoms with Crippen molar-refractivity contribution in [3.8, 4) is 28.2 Å². The molecular formula is C56H64N10O22P2. The highest BCUT2D eigenvalue weighted by Gasteiger charge is 2.50. The molecular weight excluding hydrogens is 1230 g/mol. The Balaban J connectivity index is 0.627. The van der Waals surface area contributed by atoms with Crippen LogP contribution in [-0.2, 0) is 41.6 Å². The van der Waals surface area contributed by atoms with E-state index >= 15 is 0 Å². The Kier molecular flexibility index (Phi) is 21.5. The van der Waals surface area contributed by atoms with Crippen LogP contribution in [-0.4, -0.2) is 161 Å². The van der Waals surface area contributed by atoms with Crippen LogP contribution < -0.4 is 41.9 Å². The number of aromatic hydroxyl groups is 1. The van der Waals surface area contributed by atoms with Crippen LogP contribution in [0.3, 0.4) is 0 Å². The van der Waals surface area contributed by atoms with Crippen molar-refractivity contribution in [3.63, 3.8) is 0 Å². The first-order valence-corrected chi connectivity index (χ1v) is 31.2. The molecule has 1 aliphatic carbocycles. The first-order chi connectivity index (χ1) is 43.0. The summed E-state index contributed by atoms with van der Waals surface area (Å²) in [7, 11) is -11.3. The molecule has 0 bridgehead atoms. The van der Waals surface area contributed by atoms with Gasteiger partial charge in [-0.1, -0.05) is 25.3 Å². The molecule has 6 heterocycles. The topological polar surface area (TPSA) is 482 Å². The number of carboxylic acid groups (broad SMARTS) is 1. The second-order valence-corrected chi connectivity index (χ2v) is 24.0. The van der Waals surface area contributed by atoms with Gasteiger partial charge in [-0.25, -0.2) is 28.6 Å². The number of ether oxygens (including phenoxy) is 2. The molecule has 5 aromatic rings. The number of phosphoric ester groups is 2. The number of unbranched alkanes of at least 4 members (excludes halogenated alkanes) is 5. The zero-order chi connectivity index (χ0) is 64.4. The van der Waals surface area contributed by atoms with Crippen LogP contribution >= 0.6 is 15.6 Å². The molecule has 3 aliphatic heterocycles. The van der Waals surface area contributed by atoms with E-state index in [1.807, 2.05) is 0 Å². The number of phenols is 1. The van der Waals surface area contributed by atoms with E-state index in [9.17, 15) is 78.3 Å². The van der Waals surface area contributed by atoms with Gasteiger partial charge >= 0.3 is 13.8 Å². The Morgan fingerprint density at radius 3 is 2.19 bits per heavy atom. The number of hydrogen-bond acceptors (Lipinski definition) is 24. The number of aromatic nitrogens is 5. The van der Waals surface area contributed by atoms with E-state index in [-0.39, 0.29) is 80.1 Å². The number of aromatic carboxylic acids is 1. The number of pyridine rings is 1. The van der Waals surface area contributed by atoms with Gasteiger partial charge in [0.1, 0.15) is 59.5 Å². The molecule has 2 aromatic carbocycles. The molecule has 2 fully saturated rings. The predicted octanol–water partition coefficient (Wildman–Crippen LogP) is 1.25. The second-order valence-electron chi connectivity index (χ2n) is 21.0. The van der Waals surface area contributed by atoms with E-state index in [1.54, 1.807) is 6.07 Å². The van der Waals surface area contributed by atoms with Crippen LogP contribution in [0.2, 0.25) is 0 Å². The van der Waals surface area contributed by atoms with Crippen molar-refractivity contribution in [3.05, 3.63) is 119 Å². The van der Waals surface area contributed by atoms with E-state index < -0.39 is 95.7 Å². The van der Waals surface area contributed by atoms with Gasteiger partial charge in [-0.2, -0.15) is 4.57 Å². The predicted molar refractivity (Wildman–Crippen MR) is 310 cm³/mol.